The van der Waals surface area contributed by atoms with E-state index in [9.17, 15) is 9.59 Å². The summed E-state index contributed by atoms with van der Waals surface area (Å²) in [5.41, 5.74) is 5.29. The Morgan fingerprint density at radius 3 is 2.36 bits per heavy atom. The molecule has 1 heterocycles. The van der Waals surface area contributed by atoms with E-state index in [1.54, 1.807) is 11.8 Å². The minimum atomic E-state index is -0.498. The number of piperidine rings is 1. The van der Waals surface area contributed by atoms with Crippen LogP contribution in [0.2, 0.25) is 0 Å². The Morgan fingerprint density at radius 2 is 1.86 bits per heavy atom. The van der Waals surface area contributed by atoms with E-state index < -0.39 is 11.6 Å². The number of ether oxygens (including phenoxy) is 1. The highest BCUT2D eigenvalue weighted by Gasteiger charge is 2.40. The van der Waals surface area contributed by atoms with Crippen LogP contribution in [0.1, 0.15) is 53.4 Å². The Hall–Kier alpha value is -1.30. The molecular formula is C16H29N3O3. The summed E-state index contributed by atoms with van der Waals surface area (Å²) in [6.07, 6.45) is 3.61. The zero-order valence-corrected chi connectivity index (χ0v) is 14.2. The van der Waals surface area contributed by atoms with E-state index in [4.69, 9.17) is 10.5 Å². The normalized spacial score (nSPS) is 23.9. The molecule has 0 spiro atoms. The first-order valence-corrected chi connectivity index (χ1v) is 8.24. The average molecular weight is 311 g/mol. The third-order valence-corrected chi connectivity index (χ3v) is 4.03. The summed E-state index contributed by atoms with van der Waals surface area (Å²) < 4.78 is 5.45. The number of nitrogens with zero attached hydrogens (tertiary/aromatic N) is 2. The molecule has 0 aromatic rings. The van der Waals surface area contributed by atoms with E-state index in [0.717, 1.165) is 25.7 Å². The number of nitrogens with two attached hydrogens (primary N) is 1. The van der Waals surface area contributed by atoms with Crippen LogP contribution in [0, 0.1) is 0 Å². The monoisotopic (exact) mass is 311 g/mol. The van der Waals surface area contributed by atoms with Crippen molar-refractivity contribution >= 4 is 12.0 Å². The molecule has 1 aliphatic heterocycles. The summed E-state index contributed by atoms with van der Waals surface area (Å²) >= 11 is 0. The van der Waals surface area contributed by atoms with Gasteiger partial charge in [-0.1, -0.05) is 0 Å². The quantitative estimate of drug-likeness (QED) is 0.861. The molecule has 6 nitrogen and oxygen atoms in total. The van der Waals surface area contributed by atoms with Crippen LogP contribution in [0.25, 0.3) is 0 Å². The minimum Gasteiger partial charge on any atom is -0.444 e. The molecule has 2 amide bonds. The number of likely N-dealkylation sites (tertiary alicyclic amines) is 1. The largest absolute Gasteiger partial charge is 0.444 e. The third kappa shape index (κ3) is 4.35. The van der Waals surface area contributed by atoms with Gasteiger partial charge in [-0.25, -0.2) is 4.79 Å². The zero-order valence-electron chi connectivity index (χ0n) is 14.2. The van der Waals surface area contributed by atoms with Crippen LogP contribution < -0.4 is 5.73 Å². The Morgan fingerprint density at radius 1 is 1.23 bits per heavy atom. The van der Waals surface area contributed by atoms with Crippen LogP contribution >= 0.6 is 0 Å². The Bertz CT molecular complexity index is 427. The van der Waals surface area contributed by atoms with Gasteiger partial charge < -0.3 is 20.3 Å². The van der Waals surface area contributed by atoms with Crippen molar-refractivity contribution in [3.05, 3.63) is 0 Å². The zero-order chi connectivity index (χ0) is 16.5. The van der Waals surface area contributed by atoms with Crippen molar-refractivity contribution in [3.63, 3.8) is 0 Å². The van der Waals surface area contributed by atoms with Crippen molar-refractivity contribution in [1.29, 1.82) is 0 Å². The Labute approximate surface area is 132 Å². The fraction of sp³-hybridized carbons (Fsp3) is 0.875. The fourth-order valence-corrected chi connectivity index (χ4v) is 2.92. The van der Waals surface area contributed by atoms with Gasteiger partial charge in [0.1, 0.15) is 5.60 Å². The van der Waals surface area contributed by atoms with E-state index in [2.05, 4.69) is 0 Å². The lowest BCUT2D eigenvalue weighted by atomic mass is 10.0. The topological polar surface area (TPSA) is 75.9 Å². The lowest BCUT2D eigenvalue weighted by molar-refractivity contribution is -0.136. The summed E-state index contributed by atoms with van der Waals surface area (Å²) in [6.45, 7) is 8.56. The van der Waals surface area contributed by atoms with Crippen LogP contribution in [0.3, 0.4) is 0 Å². The molecule has 2 N–H and O–H groups in total. The van der Waals surface area contributed by atoms with Gasteiger partial charge in [-0.15, -0.1) is 0 Å². The average Bonchev–Trinajstić information content (AvgIpc) is 3.22. The SMILES string of the molecule is C[C@H](N)C(=O)N(C1CC1)[C@H]1CCCN(C(=O)OC(C)(C)C)C1. The molecule has 2 rings (SSSR count). The van der Waals surface area contributed by atoms with E-state index in [-0.39, 0.29) is 18.0 Å². The molecule has 0 radical (unpaired) electrons. The first-order valence-electron chi connectivity index (χ1n) is 8.24. The number of hydrogen-bond acceptors (Lipinski definition) is 4. The number of carbonyl (C=O) groups excluding carboxylic acids is 2. The minimum absolute atomic E-state index is 0.00135. The van der Waals surface area contributed by atoms with Gasteiger partial charge in [-0.05, 0) is 53.4 Å². The number of hydrogen-bond donors (Lipinski definition) is 1. The third-order valence-electron chi connectivity index (χ3n) is 4.03. The molecule has 126 valence electrons. The first kappa shape index (κ1) is 17.1. The summed E-state index contributed by atoms with van der Waals surface area (Å²) in [5.74, 6) is -0.00135. The molecule has 2 aliphatic rings. The number of rotatable bonds is 3. The summed E-state index contributed by atoms with van der Waals surface area (Å²) in [4.78, 5) is 28.3. The molecule has 1 saturated carbocycles. The van der Waals surface area contributed by atoms with E-state index >= 15 is 0 Å². The van der Waals surface area contributed by atoms with Gasteiger partial charge in [-0.3, -0.25) is 4.79 Å². The summed E-state index contributed by atoms with van der Waals surface area (Å²) in [7, 11) is 0. The molecule has 1 saturated heterocycles. The predicted octanol–water partition coefficient (Wildman–Crippen LogP) is 1.72. The van der Waals surface area contributed by atoms with Gasteiger partial charge in [0.25, 0.3) is 0 Å². The molecule has 2 fully saturated rings. The van der Waals surface area contributed by atoms with Gasteiger partial charge in [0.2, 0.25) is 5.91 Å². The maximum Gasteiger partial charge on any atom is 0.410 e. The van der Waals surface area contributed by atoms with E-state index in [1.807, 2.05) is 25.7 Å². The highest BCUT2D eigenvalue weighted by atomic mass is 16.6. The van der Waals surface area contributed by atoms with Crippen LogP contribution in [0.5, 0.6) is 0 Å². The van der Waals surface area contributed by atoms with Crippen molar-refractivity contribution in [3.8, 4) is 0 Å². The standard InChI is InChI=1S/C16H29N3O3/c1-11(17)14(20)19(12-7-8-12)13-6-5-9-18(10-13)15(21)22-16(2,3)4/h11-13H,5-10,17H2,1-4H3/t11-,13-/m0/s1. The van der Waals surface area contributed by atoms with Crippen molar-refractivity contribution in [2.24, 2.45) is 5.73 Å². The maximum absolute atomic E-state index is 12.4. The number of amides is 2. The van der Waals surface area contributed by atoms with Crippen molar-refractivity contribution < 1.29 is 14.3 Å². The highest BCUT2D eigenvalue weighted by Crippen LogP contribution is 2.32. The molecule has 6 heteroatoms. The lowest BCUT2D eigenvalue weighted by Gasteiger charge is -2.40. The van der Waals surface area contributed by atoms with Crippen LogP contribution in [-0.2, 0) is 9.53 Å². The Kier molecular flexibility index (Phi) is 5.00. The smallest absolute Gasteiger partial charge is 0.410 e. The van der Waals surface area contributed by atoms with Crippen LogP contribution in [0.15, 0.2) is 0 Å². The second-order valence-corrected chi connectivity index (χ2v) is 7.49. The second-order valence-electron chi connectivity index (χ2n) is 7.49. The van der Waals surface area contributed by atoms with Gasteiger partial charge in [0, 0.05) is 25.2 Å². The second kappa shape index (κ2) is 6.44. The van der Waals surface area contributed by atoms with E-state index in [0.29, 0.717) is 19.1 Å². The van der Waals surface area contributed by atoms with Gasteiger partial charge in [0.05, 0.1) is 6.04 Å². The molecule has 22 heavy (non-hydrogen) atoms. The first-order chi connectivity index (χ1) is 10.2. The van der Waals surface area contributed by atoms with Crippen molar-refractivity contribution in [2.75, 3.05) is 13.1 Å². The molecular weight excluding hydrogens is 282 g/mol. The molecule has 2 atom stereocenters. The molecule has 1 aliphatic carbocycles. The van der Waals surface area contributed by atoms with Gasteiger partial charge in [0.15, 0.2) is 0 Å². The molecule has 0 aromatic heterocycles. The summed E-state index contributed by atoms with van der Waals surface area (Å²) in [6, 6.07) is -0.119. The van der Waals surface area contributed by atoms with Crippen LogP contribution in [0.4, 0.5) is 4.79 Å². The lowest BCUT2D eigenvalue weighted by Crippen LogP contribution is -2.56. The van der Waals surface area contributed by atoms with Crippen molar-refractivity contribution in [1.82, 2.24) is 9.80 Å². The highest BCUT2D eigenvalue weighted by molar-refractivity contribution is 5.82. The summed E-state index contributed by atoms with van der Waals surface area (Å²) in [5, 5.41) is 0. The molecule has 0 bridgehead atoms. The predicted molar refractivity (Wildman–Crippen MR) is 84.3 cm³/mol. The van der Waals surface area contributed by atoms with E-state index in [1.165, 1.54) is 0 Å². The van der Waals surface area contributed by atoms with Gasteiger partial charge >= 0.3 is 6.09 Å². The number of carbonyl (C=O) groups is 2. The van der Waals surface area contributed by atoms with Gasteiger partial charge in [-0.2, -0.15) is 0 Å². The van der Waals surface area contributed by atoms with Crippen LogP contribution in [-0.4, -0.2) is 58.6 Å². The fourth-order valence-electron chi connectivity index (χ4n) is 2.92. The van der Waals surface area contributed by atoms with Crippen molar-refractivity contribution in [2.45, 2.75) is 77.1 Å². The maximum atomic E-state index is 12.4. The molecule has 0 unspecified atom stereocenters. The molecule has 0 aromatic carbocycles. The Balaban J connectivity index is 2.02.